The third-order valence-corrected chi connectivity index (χ3v) is 2.69. The van der Waals surface area contributed by atoms with Crippen LogP contribution in [0.1, 0.15) is 38.0 Å². The number of amides is 2. The maximum Gasteiger partial charge on any atom is 0.328 e. The van der Waals surface area contributed by atoms with Gasteiger partial charge in [-0.3, -0.25) is 0 Å². The van der Waals surface area contributed by atoms with Gasteiger partial charge in [0.2, 0.25) is 5.89 Å². The smallest absolute Gasteiger partial charge is 0.328 e. The second-order valence-corrected chi connectivity index (χ2v) is 4.44. The molecule has 1 aromatic heterocycles. The zero-order valence-corrected chi connectivity index (χ0v) is 11.7. The number of hydrogen-bond acceptors (Lipinski definition) is 7. The fourth-order valence-electron chi connectivity index (χ4n) is 1.41. The SMILES string of the molecule is CCC(N)c1noc(CNC(=O)NC(C(=O)O)C(C)O)n1. The molecule has 10 nitrogen and oxygen atoms in total. The topological polar surface area (TPSA) is 164 Å². The first-order valence-corrected chi connectivity index (χ1v) is 6.38. The lowest BCUT2D eigenvalue weighted by molar-refractivity contribution is -0.141. The third kappa shape index (κ3) is 5.00. The van der Waals surface area contributed by atoms with Crippen molar-refractivity contribution in [1.82, 2.24) is 20.8 Å². The van der Waals surface area contributed by atoms with Gasteiger partial charge in [0.05, 0.1) is 18.7 Å². The van der Waals surface area contributed by atoms with Crippen molar-refractivity contribution in [3.63, 3.8) is 0 Å². The molecule has 2 amide bonds. The number of carboxylic acids is 1. The van der Waals surface area contributed by atoms with Crippen molar-refractivity contribution in [3.05, 3.63) is 11.7 Å². The second kappa shape index (κ2) is 7.55. The number of nitrogens with one attached hydrogen (secondary N) is 2. The molecule has 0 aliphatic carbocycles. The maximum atomic E-state index is 11.5. The Morgan fingerprint density at radius 3 is 2.67 bits per heavy atom. The molecule has 1 heterocycles. The van der Waals surface area contributed by atoms with Crippen LogP contribution in [-0.2, 0) is 11.3 Å². The number of aliphatic hydroxyl groups excluding tert-OH is 1. The Hall–Kier alpha value is -2.20. The van der Waals surface area contributed by atoms with E-state index in [1.807, 2.05) is 6.92 Å². The minimum atomic E-state index is -1.41. The molecule has 118 valence electrons. The molecule has 6 N–H and O–H groups in total. The third-order valence-electron chi connectivity index (χ3n) is 2.69. The van der Waals surface area contributed by atoms with Gasteiger partial charge in [-0.2, -0.15) is 4.98 Å². The molecule has 21 heavy (non-hydrogen) atoms. The maximum absolute atomic E-state index is 11.5. The Morgan fingerprint density at radius 1 is 1.48 bits per heavy atom. The Kier molecular flexibility index (Phi) is 6.06. The number of carbonyl (C=O) groups excluding carboxylic acids is 1. The van der Waals surface area contributed by atoms with Gasteiger partial charge in [-0.25, -0.2) is 9.59 Å². The number of aliphatic carboxylic acids is 1. The molecule has 0 fully saturated rings. The minimum Gasteiger partial charge on any atom is -0.480 e. The number of rotatable bonds is 7. The van der Waals surface area contributed by atoms with Crippen molar-refractivity contribution in [1.29, 1.82) is 0 Å². The van der Waals surface area contributed by atoms with E-state index in [0.717, 1.165) is 0 Å². The first-order valence-electron chi connectivity index (χ1n) is 6.38. The highest BCUT2D eigenvalue weighted by Gasteiger charge is 2.25. The fraction of sp³-hybridized carbons (Fsp3) is 0.636. The average molecular weight is 301 g/mol. The van der Waals surface area contributed by atoms with E-state index < -0.39 is 24.1 Å². The predicted molar refractivity (Wildman–Crippen MR) is 70.0 cm³/mol. The number of carbonyl (C=O) groups is 2. The largest absolute Gasteiger partial charge is 0.480 e. The molecule has 0 aliphatic heterocycles. The number of urea groups is 1. The number of hydrogen-bond donors (Lipinski definition) is 5. The quantitative estimate of drug-likeness (QED) is 0.433. The molecule has 3 atom stereocenters. The van der Waals surface area contributed by atoms with Gasteiger partial charge in [0.15, 0.2) is 11.9 Å². The molecule has 0 aromatic carbocycles. The van der Waals surface area contributed by atoms with Crippen LogP contribution in [0.2, 0.25) is 0 Å². The van der Waals surface area contributed by atoms with Crippen LogP contribution in [0.4, 0.5) is 4.79 Å². The Labute approximate surface area is 120 Å². The van der Waals surface area contributed by atoms with Crippen LogP contribution in [0.5, 0.6) is 0 Å². The van der Waals surface area contributed by atoms with E-state index >= 15 is 0 Å². The van der Waals surface area contributed by atoms with Gasteiger partial charge in [0, 0.05) is 0 Å². The van der Waals surface area contributed by atoms with Gasteiger partial charge in [-0.15, -0.1) is 0 Å². The molecule has 0 saturated carbocycles. The van der Waals surface area contributed by atoms with Crippen LogP contribution in [0.3, 0.4) is 0 Å². The highest BCUT2D eigenvalue weighted by molar-refractivity contribution is 5.82. The van der Waals surface area contributed by atoms with Gasteiger partial charge < -0.3 is 31.1 Å². The van der Waals surface area contributed by atoms with Gasteiger partial charge in [-0.05, 0) is 13.3 Å². The van der Waals surface area contributed by atoms with Crippen molar-refractivity contribution in [2.24, 2.45) is 5.73 Å². The molecule has 0 spiro atoms. The summed E-state index contributed by atoms with van der Waals surface area (Å²) in [6, 6.07) is -2.53. The van der Waals surface area contributed by atoms with Gasteiger partial charge >= 0.3 is 12.0 Å². The number of aromatic nitrogens is 2. The fourth-order valence-corrected chi connectivity index (χ4v) is 1.41. The van der Waals surface area contributed by atoms with Gasteiger partial charge in [0.25, 0.3) is 0 Å². The lowest BCUT2D eigenvalue weighted by Gasteiger charge is -2.16. The standard InChI is InChI=1S/C11H19N5O5/c1-3-6(12)9-14-7(21-16-9)4-13-11(20)15-8(5(2)17)10(18)19/h5-6,8,17H,3-4,12H2,1-2H3,(H,18,19)(H2,13,15,20). The summed E-state index contributed by atoms with van der Waals surface area (Å²) >= 11 is 0. The summed E-state index contributed by atoms with van der Waals surface area (Å²) in [5, 5.41) is 26.2. The summed E-state index contributed by atoms with van der Waals surface area (Å²) in [6.45, 7) is 3.05. The molecule has 0 saturated heterocycles. The number of nitrogens with two attached hydrogens (primary N) is 1. The van der Waals surface area contributed by atoms with E-state index in [4.69, 9.17) is 15.4 Å². The van der Waals surface area contributed by atoms with Crippen LogP contribution in [0.15, 0.2) is 4.52 Å². The van der Waals surface area contributed by atoms with Crippen LogP contribution in [-0.4, -0.2) is 44.5 Å². The molecule has 0 radical (unpaired) electrons. The van der Waals surface area contributed by atoms with Gasteiger partial charge in [-0.1, -0.05) is 12.1 Å². The molecular weight excluding hydrogens is 282 g/mol. The van der Waals surface area contributed by atoms with Crippen LogP contribution < -0.4 is 16.4 Å². The first kappa shape index (κ1) is 16.9. The van der Waals surface area contributed by atoms with E-state index in [1.54, 1.807) is 0 Å². The molecule has 3 unspecified atom stereocenters. The average Bonchev–Trinajstić information content (AvgIpc) is 2.89. The van der Waals surface area contributed by atoms with Crippen molar-refractivity contribution in [2.75, 3.05) is 0 Å². The molecule has 0 aliphatic rings. The van der Waals surface area contributed by atoms with Gasteiger partial charge in [0.1, 0.15) is 0 Å². The molecule has 1 rings (SSSR count). The molecular formula is C11H19N5O5. The van der Waals surface area contributed by atoms with E-state index in [2.05, 4.69) is 20.8 Å². The normalized spacial score (nSPS) is 15.0. The number of carboxylic acid groups (broad SMARTS) is 1. The lowest BCUT2D eigenvalue weighted by atomic mass is 10.2. The highest BCUT2D eigenvalue weighted by Crippen LogP contribution is 2.09. The molecule has 0 bridgehead atoms. The molecule has 1 aromatic rings. The van der Waals surface area contributed by atoms with E-state index in [0.29, 0.717) is 12.2 Å². The van der Waals surface area contributed by atoms with Crippen molar-refractivity contribution < 1.29 is 24.3 Å². The zero-order chi connectivity index (χ0) is 16.0. The van der Waals surface area contributed by atoms with Crippen molar-refractivity contribution in [3.8, 4) is 0 Å². The number of aliphatic hydroxyl groups is 1. The van der Waals surface area contributed by atoms with E-state index in [9.17, 15) is 14.7 Å². The Bertz CT molecular complexity index is 489. The Balaban J connectivity index is 2.49. The predicted octanol–water partition coefficient (Wildman–Crippen LogP) is -0.887. The summed E-state index contributed by atoms with van der Waals surface area (Å²) < 4.78 is 4.89. The van der Waals surface area contributed by atoms with Crippen molar-refractivity contribution >= 4 is 12.0 Å². The second-order valence-electron chi connectivity index (χ2n) is 4.44. The minimum absolute atomic E-state index is 0.0819. The zero-order valence-electron chi connectivity index (χ0n) is 11.7. The van der Waals surface area contributed by atoms with E-state index in [1.165, 1.54) is 6.92 Å². The van der Waals surface area contributed by atoms with Crippen LogP contribution >= 0.6 is 0 Å². The van der Waals surface area contributed by atoms with Crippen LogP contribution in [0, 0.1) is 0 Å². The summed E-state index contributed by atoms with van der Waals surface area (Å²) in [7, 11) is 0. The first-order chi connectivity index (χ1) is 9.85. The highest BCUT2D eigenvalue weighted by atomic mass is 16.5. The summed E-state index contributed by atoms with van der Waals surface area (Å²) in [5.41, 5.74) is 5.72. The lowest BCUT2D eigenvalue weighted by Crippen LogP contribution is -2.51. The summed E-state index contributed by atoms with van der Waals surface area (Å²) in [6.07, 6.45) is -0.590. The molecule has 10 heteroatoms. The van der Waals surface area contributed by atoms with Crippen LogP contribution in [0.25, 0.3) is 0 Å². The summed E-state index contributed by atoms with van der Waals surface area (Å²) in [4.78, 5) is 26.3. The Morgan fingerprint density at radius 2 is 2.14 bits per heavy atom. The monoisotopic (exact) mass is 301 g/mol. The van der Waals surface area contributed by atoms with E-state index in [-0.39, 0.29) is 18.5 Å². The number of nitrogens with zero attached hydrogens (tertiary/aromatic N) is 2. The summed E-state index contributed by atoms with van der Waals surface area (Å²) in [5.74, 6) is -0.857. The van der Waals surface area contributed by atoms with Crippen molar-refractivity contribution in [2.45, 2.75) is 45.0 Å².